The van der Waals surface area contributed by atoms with Gasteiger partial charge in [-0.25, -0.2) is 0 Å². The van der Waals surface area contributed by atoms with E-state index in [9.17, 15) is 4.79 Å². The van der Waals surface area contributed by atoms with Crippen molar-refractivity contribution in [1.82, 2.24) is 0 Å². The molecule has 134 valence electrons. The van der Waals surface area contributed by atoms with Gasteiger partial charge in [-0.15, -0.1) is 0 Å². The van der Waals surface area contributed by atoms with Gasteiger partial charge in [0.2, 0.25) is 0 Å². The van der Waals surface area contributed by atoms with Gasteiger partial charge in [0.1, 0.15) is 0 Å². The van der Waals surface area contributed by atoms with E-state index < -0.39 is 0 Å². The van der Waals surface area contributed by atoms with Crippen LogP contribution in [0.15, 0.2) is 23.8 Å². The van der Waals surface area contributed by atoms with E-state index in [1.807, 2.05) is 0 Å². The maximum absolute atomic E-state index is 11.3. The summed E-state index contributed by atoms with van der Waals surface area (Å²) in [6.07, 6.45) is 10.8. The predicted molar refractivity (Wildman–Crippen MR) is 101 cm³/mol. The largest absolute Gasteiger partial charge is 0.469 e. The molecule has 0 saturated heterocycles. The fraction of sp³-hybridized carbons (Fsp3) is 0.682. The molecule has 0 amide bonds. The second kappa shape index (κ2) is 11.1. The number of esters is 1. The summed E-state index contributed by atoms with van der Waals surface area (Å²) in [5.74, 6) is 8.07. The minimum absolute atomic E-state index is 0.114. The zero-order valence-corrected chi connectivity index (χ0v) is 16.0. The van der Waals surface area contributed by atoms with Gasteiger partial charge in [0.05, 0.1) is 7.11 Å². The van der Waals surface area contributed by atoms with Crippen LogP contribution < -0.4 is 0 Å². The van der Waals surface area contributed by atoms with E-state index in [-0.39, 0.29) is 5.97 Å². The molecule has 0 radical (unpaired) electrons. The van der Waals surface area contributed by atoms with Crippen LogP contribution in [0, 0.1) is 29.6 Å². The van der Waals surface area contributed by atoms with Crippen molar-refractivity contribution in [3.8, 4) is 11.8 Å². The van der Waals surface area contributed by atoms with Gasteiger partial charge in [-0.1, -0.05) is 57.6 Å². The minimum atomic E-state index is -0.114. The molecule has 1 rings (SSSR count). The average Bonchev–Trinajstić information content (AvgIpc) is 3.06. The zero-order chi connectivity index (χ0) is 17.9. The lowest BCUT2D eigenvalue weighted by atomic mass is 9.86. The van der Waals surface area contributed by atoms with Gasteiger partial charge >= 0.3 is 5.97 Å². The van der Waals surface area contributed by atoms with Crippen molar-refractivity contribution in [3.63, 3.8) is 0 Å². The predicted octanol–water partition coefficient (Wildman–Crippen LogP) is 5.69. The Kier molecular flexibility index (Phi) is 9.53. The number of carbonyl (C=O) groups excluding carboxylic acids is 1. The summed E-state index contributed by atoms with van der Waals surface area (Å²) >= 11 is 0. The van der Waals surface area contributed by atoms with E-state index >= 15 is 0 Å². The minimum Gasteiger partial charge on any atom is -0.469 e. The van der Waals surface area contributed by atoms with E-state index in [1.165, 1.54) is 38.4 Å². The molecule has 2 heteroatoms. The molecule has 0 bridgehead atoms. The number of rotatable bonds is 8. The number of allylic oxidation sites excluding steroid dienone is 3. The second-order valence-electron chi connectivity index (χ2n) is 7.55. The van der Waals surface area contributed by atoms with Crippen molar-refractivity contribution < 1.29 is 9.53 Å². The molecule has 0 N–H and O–H groups in total. The highest BCUT2D eigenvalue weighted by molar-refractivity contribution is 5.69. The highest BCUT2D eigenvalue weighted by Crippen LogP contribution is 2.35. The summed E-state index contributed by atoms with van der Waals surface area (Å²) in [5.41, 5.74) is 2.41. The van der Waals surface area contributed by atoms with Crippen LogP contribution >= 0.6 is 0 Å². The summed E-state index contributed by atoms with van der Waals surface area (Å²) in [5, 5.41) is 0. The van der Waals surface area contributed by atoms with Gasteiger partial charge in [0, 0.05) is 18.4 Å². The van der Waals surface area contributed by atoms with Gasteiger partial charge in [0.15, 0.2) is 0 Å². The summed E-state index contributed by atoms with van der Waals surface area (Å²) in [6, 6.07) is 0. The molecule has 0 aromatic rings. The Labute approximate surface area is 148 Å². The lowest BCUT2D eigenvalue weighted by Gasteiger charge is -2.19. The topological polar surface area (TPSA) is 26.3 Å². The third-order valence-corrected chi connectivity index (χ3v) is 4.65. The Morgan fingerprint density at radius 1 is 1.29 bits per heavy atom. The van der Waals surface area contributed by atoms with Gasteiger partial charge in [0.25, 0.3) is 0 Å². The molecule has 0 aromatic heterocycles. The van der Waals surface area contributed by atoms with E-state index in [0.717, 1.165) is 24.8 Å². The van der Waals surface area contributed by atoms with Gasteiger partial charge in [-0.3, -0.25) is 4.79 Å². The molecular formula is C22H34O2. The maximum Gasteiger partial charge on any atom is 0.305 e. The zero-order valence-electron chi connectivity index (χ0n) is 16.0. The van der Waals surface area contributed by atoms with E-state index in [2.05, 4.69) is 45.3 Å². The van der Waals surface area contributed by atoms with Crippen molar-refractivity contribution in [2.24, 2.45) is 17.8 Å². The van der Waals surface area contributed by atoms with Crippen molar-refractivity contribution >= 4 is 5.97 Å². The molecule has 0 aliphatic heterocycles. The standard InChI is InChI=1S/C22H34O2/c1-17(2)9-8-10-18(3)15-21(20-11-6-7-12-20)16-19(4)13-14-22(23)24-5/h15,17,19-20H,3,6-7,9,11-14,16H2,1-2,4-5H3/b21-15+. The molecule has 0 aromatic carbocycles. The monoisotopic (exact) mass is 330 g/mol. The highest BCUT2D eigenvalue weighted by Gasteiger charge is 2.21. The molecule has 1 atom stereocenters. The Bertz CT molecular complexity index is 496. The molecule has 0 spiro atoms. The smallest absolute Gasteiger partial charge is 0.305 e. The first kappa shape index (κ1) is 20.6. The Hall–Kier alpha value is -1.49. The Morgan fingerprint density at radius 2 is 1.96 bits per heavy atom. The number of carbonyl (C=O) groups is 1. The quantitative estimate of drug-likeness (QED) is 0.325. The van der Waals surface area contributed by atoms with Crippen molar-refractivity contribution in [2.45, 2.75) is 72.1 Å². The first-order valence-electron chi connectivity index (χ1n) is 9.37. The fourth-order valence-electron chi connectivity index (χ4n) is 3.24. The summed E-state index contributed by atoms with van der Waals surface area (Å²) < 4.78 is 4.75. The Balaban J connectivity index is 2.68. The average molecular weight is 331 g/mol. The first-order chi connectivity index (χ1) is 11.4. The van der Waals surface area contributed by atoms with E-state index in [4.69, 9.17) is 4.74 Å². The molecule has 1 aliphatic rings. The van der Waals surface area contributed by atoms with E-state index in [1.54, 1.807) is 0 Å². The molecule has 1 unspecified atom stereocenters. The fourth-order valence-corrected chi connectivity index (χ4v) is 3.24. The summed E-state index contributed by atoms with van der Waals surface area (Å²) in [6.45, 7) is 10.7. The van der Waals surface area contributed by atoms with Crippen LogP contribution in [0.4, 0.5) is 0 Å². The van der Waals surface area contributed by atoms with Crippen molar-refractivity contribution in [2.75, 3.05) is 7.11 Å². The molecule has 1 saturated carbocycles. The lowest BCUT2D eigenvalue weighted by Crippen LogP contribution is -2.08. The van der Waals surface area contributed by atoms with Crippen LogP contribution in [-0.2, 0) is 9.53 Å². The molecule has 1 fully saturated rings. The molecule has 0 heterocycles. The normalized spacial score (nSPS) is 16.6. The van der Waals surface area contributed by atoms with Gasteiger partial charge < -0.3 is 4.74 Å². The van der Waals surface area contributed by atoms with Gasteiger partial charge in [-0.2, -0.15) is 0 Å². The SMILES string of the molecule is C=C(C#CCC(C)C)/C=C(\CC(C)CCC(=O)OC)C1CCCC1. The van der Waals surface area contributed by atoms with Crippen LogP contribution in [0.25, 0.3) is 0 Å². The van der Waals surface area contributed by atoms with Crippen molar-refractivity contribution in [3.05, 3.63) is 23.8 Å². The van der Waals surface area contributed by atoms with E-state index in [0.29, 0.717) is 24.2 Å². The number of ether oxygens (including phenoxy) is 1. The summed E-state index contributed by atoms with van der Waals surface area (Å²) in [7, 11) is 1.46. The number of hydrogen-bond donors (Lipinski definition) is 0. The second-order valence-corrected chi connectivity index (χ2v) is 7.55. The van der Waals surface area contributed by atoms with Crippen LogP contribution in [0.2, 0.25) is 0 Å². The molecule has 2 nitrogen and oxygen atoms in total. The van der Waals surface area contributed by atoms with Crippen LogP contribution in [0.1, 0.15) is 72.1 Å². The highest BCUT2D eigenvalue weighted by atomic mass is 16.5. The van der Waals surface area contributed by atoms with Crippen LogP contribution in [0.3, 0.4) is 0 Å². The molecule has 1 aliphatic carbocycles. The third-order valence-electron chi connectivity index (χ3n) is 4.65. The number of hydrogen-bond acceptors (Lipinski definition) is 2. The maximum atomic E-state index is 11.3. The van der Waals surface area contributed by atoms with Gasteiger partial charge in [-0.05, 0) is 49.5 Å². The third kappa shape index (κ3) is 8.39. The molecular weight excluding hydrogens is 296 g/mol. The van der Waals surface area contributed by atoms with Crippen LogP contribution in [-0.4, -0.2) is 13.1 Å². The van der Waals surface area contributed by atoms with Crippen molar-refractivity contribution in [1.29, 1.82) is 0 Å². The first-order valence-corrected chi connectivity index (χ1v) is 9.37. The molecule has 24 heavy (non-hydrogen) atoms. The Morgan fingerprint density at radius 3 is 2.54 bits per heavy atom. The summed E-state index contributed by atoms with van der Waals surface area (Å²) in [4.78, 5) is 11.3. The number of methoxy groups -OCH3 is 1. The van der Waals surface area contributed by atoms with Crippen LogP contribution in [0.5, 0.6) is 0 Å². The lowest BCUT2D eigenvalue weighted by molar-refractivity contribution is -0.140.